The molecule has 0 saturated heterocycles. The van der Waals surface area contributed by atoms with E-state index in [4.69, 9.17) is 4.42 Å². The first-order valence-electron chi connectivity index (χ1n) is 8.32. The Labute approximate surface area is 154 Å². The monoisotopic (exact) mass is 369 g/mol. The SMILES string of the molecule is O=C(CSc1nnc(-c2ccccc2F)o1)Nc1ccc2c(c1)CCC2. The standard InChI is InChI=1S/C19H16FN3O2S/c20-16-7-2-1-6-15(16)18-22-23-19(25-18)26-11-17(24)21-14-9-8-12-4-3-5-13(12)10-14/h1-2,6-10H,3-5,11H2,(H,21,24). The lowest BCUT2D eigenvalue weighted by Gasteiger charge is -2.06. The van der Waals surface area contributed by atoms with E-state index in [0.717, 1.165) is 30.3 Å². The zero-order valence-electron chi connectivity index (χ0n) is 13.9. The maximum Gasteiger partial charge on any atom is 0.277 e. The van der Waals surface area contributed by atoms with Crippen LogP contribution in [0, 0.1) is 5.82 Å². The molecule has 1 aliphatic rings. The van der Waals surface area contributed by atoms with Crippen LogP contribution < -0.4 is 5.32 Å². The van der Waals surface area contributed by atoms with Gasteiger partial charge in [0.2, 0.25) is 5.91 Å². The van der Waals surface area contributed by atoms with Crippen LogP contribution in [-0.4, -0.2) is 21.9 Å². The molecule has 2 aromatic carbocycles. The molecule has 0 unspecified atom stereocenters. The number of carbonyl (C=O) groups excluding carboxylic acids is 1. The number of carbonyl (C=O) groups is 1. The van der Waals surface area contributed by atoms with Gasteiger partial charge in [-0.2, -0.15) is 0 Å². The normalized spacial score (nSPS) is 12.8. The molecule has 1 aliphatic carbocycles. The van der Waals surface area contributed by atoms with Crippen molar-refractivity contribution in [1.29, 1.82) is 0 Å². The summed E-state index contributed by atoms with van der Waals surface area (Å²) in [7, 11) is 0. The lowest BCUT2D eigenvalue weighted by molar-refractivity contribution is -0.113. The lowest BCUT2D eigenvalue weighted by atomic mass is 10.1. The smallest absolute Gasteiger partial charge is 0.277 e. The molecule has 0 radical (unpaired) electrons. The average Bonchev–Trinajstić information content (AvgIpc) is 3.29. The molecule has 26 heavy (non-hydrogen) atoms. The van der Waals surface area contributed by atoms with Gasteiger partial charge >= 0.3 is 0 Å². The highest BCUT2D eigenvalue weighted by molar-refractivity contribution is 7.99. The van der Waals surface area contributed by atoms with E-state index < -0.39 is 5.82 Å². The Hall–Kier alpha value is -2.67. The van der Waals surface area contributed by atoms with Gasteiger partial charge in [-0.3, -0.25) is 4.79 Å². The van der Waals surface area contributed by atoms with E-state index in [2.05, 4.69) is 21.6 Å². The number of nitrogens with zero attached hydrogens (tertiary/aromatic N) is 2. The Balaban J connectivity index is 1.36. The van der Waals surface area contributed by atoms with Crippen molar-refractivity contribution in [1.82, 2.24) is 10.2 Å². The summed E-state index contributed by atoms with van der Waals surface area (Å²) in [4.78, 5) is 12.1. The molecule has 0 fully saturated rings. The zero-order valence-corrected chi connectivity index (χ0v) is 14.7. The predicted octanol–water partition coefficient (Wildman–Crippen LogP) is 4.10. The maximum absolute atomic E-state index is 13.7. The van der Waals surface area contributed by atoms with Gasteiger partial charge in [-0.25, -0.2) is 4.39 Å². The summed E-state index contributed by atoms with van der Waals surface area (Å²) < 4.78 is 19.2. The topological polar surface area (TPSA) is 68.0 Å². The number of hydrogen-bond donors (Lipinski definition) is 1. The first-order valence-corrected chi connectivity index (χ1v) is 9.30. The number of thioether (sulfide) groups is 1. The van der Waals surface area contributed by atoms with Crippen LogP contribution in [-0.2, 0) is 17.6 Å². The van der Waals surface area contributed by atoms with Gasteiger partial charge in [-0.05, 0) is 54.7 Å². The minimum Gasteiger partial charge on any atom is -0.411 e. The second kappa shape index (κ2) is 7.29. The Kier molecular flexibility index (Phi) is 4.71. The maximum atomic E-state index is 13.7. The highest BCUT2D eigenvalue weighted by Crippen LogP contribution is 2.26. The van der Waals surface area contributed by atoms with Gasteiger partial charge in [0.1, 0.15) is 5.82 Å². The largest absolute Gasteiger partial charge is 0.411 e. The molecule has 4 rings (SSSR count). The number of aryl methyl sites for hydroxylation is 2. The van der Waals surface area contributed by atoms with Crippen LogP contribution in [0.15, 0.2) is 52.1 Å². The highest BCUT2D eigenvalue weighted by atomic mass is 32.2. The number of benzene rings is 2. The molecule has 1 amide bonds. The zero-order chi connectivity index (χ0) is 17.9. The quantitative estimate of drug-likeness (QED) is 0.686. The van der Waals surface area contributed by atoms with Gasteiger partial charge in [0.05, 0.1) is 11.3 Å². The molecule has 1 heterocycles. The third-order valence-electron chi connectivity index (χ3n) is 4.22. The van der Waals surface area contributed by atoms with Crippen LogP contribution in [0.5, 0.6) is 0 Å². The van der Waals surface area contributed by atoms with Gasteiger partial charge in [-0.15, -0.1) is 10.2 Å². The number of anilines is 1. The Bertz CT molecular complexity index is 957. The van der Waals surface area contributed by atoms with Crippen LogP contribution >= 0.6 is 11.8 Å². The van der Waals surface area contributed by atoms with Crippen LogP contribution in [0.25, 0.3) is 11.5 Å². The van der Waals surface area contributed by atoms with E-state index in [-0.39, 0.29) is 28.3 Å². The molecule has 0 aliphatic heterocycles. The summed E-state index contributed by atoms with van der Waals surface area (Å²) in [6, 6.07) is 12.2. The van der Waals surface area contributed by atoms with Crippen molar-refractivity contribution < 1.29 is 13.6 Å². The Morgan fingerprint density at radius 2 is 2.00 bits per heavy atom. The van der Waals surface area contributed by atoms with E-state index in [1.807, 2.05) is 12.1 Å². The van der Waals surface area contributed by atoms with Crippen molar-refractivity contribution in [2.45, 2.75) is 24.5 Å². The van der Waals surface area contributed by atoms with E-state index in [0.29, 0.717) is 0 Å². The molecule has 1 N–H and O–H groups in total. The Morgan fingerprint density at radius 1 is 1.15 bits per heavy atom. The number of nitrogens with one attached hydrogen (secondary N) is 1. The van der Waals surface area contributed by atoms with Gasteiger partial charge in [-0.1, -0.05) is 30.0 Å². The summed E-state index contributed by atoms with van der Waals surface area (Å²) in [5.41, 5.74) is 3.72. The summed E-state index contributed by atoms with van der Waals surface area (Å²) in [5, 5.41) is 10.8. The fourth-order valence-electron chi connectivity index (χ4n) is 2.99. The van der Waals surface area contributed by atoms with Gasteiger partial charge < -0.3 is 9.73 Å². The molecular formula is C19H16FN3O2S. The third kappa shape index (κ3) is 3.62. The van der Waals surface area contributed by atoms with E-state index in [1.54, 1.807) is 18.2 Å². The minimum absolute atomic E-state index is 0.102. The molecule has 132 valence electrons. The van der Waals surface area contributed by atoms with Crippen molar-refractivity contribution in [3.05, 3.63) is 59.4 Å². The Morgan fingerprint density at radius 3 is 2.88 bits per heavy atom. The number of aromatic nitrogens is 2. The predicted molar refractivity (Wildman–Crippen MR) is 97.5 cm³/mol. The molecule has 0 bridgehead atoms. The molecule has 1 aromatic heterocycles. The summed E-state index contributed by atoms with van der Waals surface area (Å²) in [6.07, 6.45) is 3.35. The lowest BCUT2D eigenvalue weighted by Crippen LogP contribution is -2.14. The molecule has 0 atom stereocenters. The number of hydrogen-bond acceptors (Lipinski definition) is 5. The number of fused-ring (bicyclic) bond motifs is 1. The van der Waals surface area contributed by atoms with E-state index in [9.17, 15) is 9.18 Å². The minimum atomic E-state index is -0.429. The van der Waals surface area contributed by atoms with Crippen LogP contribution in [0.3, 0.4) is 0 Å². The fraction of sp³-hybridized carbons (Fsp3) is 0.211. The first-order chi connectivity index (χ1) is 12.7. The van der Waals surface area contributed by atoms with Crippen molar-refractivity contribution in [3.8, 4) is 11.5 Å². The molecular weight excluding hydrogens is 353 g/mol. The van der Waals surface area contributed by atoms with Crippen molar-refractivity contribution in [2.75, 3.05) is 11.1 Å². The second-order valence-electron chi connectivity index (χ2n) is 6.03. The number of halogens is 1. The van der Waals surface area contributed by atoms with Gasteiger partial charge in [0.15, 0.2) is 0 Å². The number of rotatable bonds is 5. The second-order valence-corrected chi connectivity index (χ2v) is 6.95. The van der Waals surface area contributed by atoms with Crippen LogP contribution in [0.4, 0.5) is 10.1 Å². The van der Waals surface area contributed by atoms with Crippen molar-refractivity contribution in [3.63, 3.8) is 0 Å². The van der Waals surface area contributed by atoms with E-state index in [1.165, 1.54) is 23.6 Å². The summed E-state index contributed by atoms with van der Waals surface area (Å²) in [6.45, 7) is 0. The number of amides is 1. The molecule has 0 saturated carbocycles. The highest BCUT2D eigenvalue weighted by Gasteiger charge is 2.15. The molecule has 7 heteroatoms. The first kappa shape index (κ1) is 16.8. The third-order valence-corrected chi connectivity index (χ3v) is 5.04. The molecule has 0 spiro atoms. The van der Waals surface area contributed by atoms with Gasteiger partial charge in [0, 0.05) is 5.69 Å². The average molecular weight is 369 g/mol. The van der Waals surface area contributed by atoms with Crippen molar-refractivity contribution in [2.24, 2.45) is 0 Å². The molecule has 5 nitrogen and oxygen atoms in total. The molecule has 3 aromatic rings. The summed E-state index contributed by atoms with van der Waals surface area (Å²) in [5.74, 6) is -0.346. The van der Waals surface area contributed by atoms with Gasteiger partial charge in [0.25, 0.3) is 11.1 Å². The van der Waals surface area contributed by atoms with E-state index >= 15 is 0 Å². The fourth-order valence-corrected chi connectivity index (χ4v) is 3.55. The van der Waals surface area contributed by atoms with Crippen molar-refractivity contribution >= 4 is 23.4 Å². The summed E-state index contributed by atoms with van der Waals surface area (Å²) >= 11 is 1.12. The van der Waals surface area contributed by atoms with Crippen LogP contribution in [0.1, 0.15) is 17.5 Å². The van der Waals surface area contributed by atoms with Crippen LogP contribution in [0.2, 0.25) is 0 Å².